The van der Waals surface area contributed by atoms with Gasteiger partial charge in [0.25, 0.3) is 0 Å². The molecule has 0 aromatic heterocycles. The Kier molecular flexibility index (Phi) is 9.48. The minimum atomic E-state index is 0.190. The van der Waals surface area contributed by atoms with E-state index in [1.54, 1.807) is 0 Å². The Morgan fingerprint density at radius 2 is 1.83 bits per heavy atom. The minimum absolute atomic E-state index is 0.190. The first kappa shape index (κ1) is 22.6. The summed E-state index contributed by atoms with van der Waals surface area (Å²) in [4.78, 5) is 18.8. The highest BCUT2D eigenvalue weighted by Gasteiger charge is 2.25. The third-order valence-corrected chi connectivity index (χ3v) is 6.19. The zero-order chi connectivity index (χ0) is 21.0. The summed E-state index contributed by atoms with van der Waals surface area (Å²) in [6, 6.07) is 10.3. The smallest absolute Gasteiger partial charge is 0.220 e. The number of ether oxygens (including phenoxy) is 1. The van der Waals surface area contributed by atoms with Crippen LogP contribution in [0.3, 0.4) is 0 Å². The predicted octanol–water partition coefficient (Wildman–Crippen LogP) is 3.19. The molecule has 1 saturated carbocycles. The van der Waals surface area contributed by atoms with Gasteiger partial charge >= 0.3 is 0 Å². The fourth-order valence-corrected chi connectivity index (χ4v) is 4.51. The van der Waals surface area contributed by atoms with Crippen LogP contribution >= 0.6 is 0 Å². The summed E-state index contributed by atoms with van der Waals surface area (Å²) in [6.07, 6.45) is 8.12. The van der Waals surface area contributed by atoms with E-state index in [1.165, 1.54) is 37.7 Å². The molecule has 0 radical (unpaired) electrons. The monoisotopic (exact) mass is 414 g/mol. The van der Waals surface area contributed by atoms with E-state index in [2.05, 4.69) is 32.7 Å². The van der Waals surface area contributed by atoms with E-state index in [0.29, 0.717) is 38.0 Å². The number of benzene rings is 1. The van der Waals surface area contributed by atoms with Gasteiger partial charge in [-0.1, -0.05) is 49.6 Å². The van der Waals surface area contributed by atoms with Crippen molar-refractivity contribution in [3.8, 4) is 0 Å². The van der Waals surface area contributed by atoms with Gasteiger partial charge in [0.1, 0.15) is 0 Å². The Labute approximate surface area is 181 Å². The van der Waals surface area contributed by atoms with E-state index in [4.69, 9.17) is 4.74 Å². The Hall–Kier alpha value is -2.08. The molecule has 1 aromatic rings. The highest BCUT2D eigenvalue weighted by atomic mass is 16.5. The minimum Gasteiger partial charge on any atom is -0.376 e. The van der Waals surface area contributed by atoms with Crippen LogP contribution in [-0.4, -0.2) is 56.6 Å². The first-order valence-corrected chi connectivity index (χ1v) is 11.6. The second-order valence-corrected chi connectivity index (χ2v) is 8.63. The standard InChI is InChI=1S/C24H38N4O2/c1-25-24(27-14-13-26-23(29)16-20-8-4-2-5-9-20)28-15-12-22(17-28)19-30-18-21-10-6-3-7-11-21/h3,6-7,10-11,20,22H,2,4-5,8-9,12-19H2,1H3,(H,25,27)(H,26,29). The van der Waals surface area contributed by atoms with Crippen LogP contribution in [0.15, 0.2) is 35.3 Å². The fourth-order valence-electron chi connectivity index (χ4n) is 4.51. The topological polar surface area (TPSA) is 66.0 Å². The number of aliphatic imine (C=N–C) groups is 1. The molecule has 1 saturated heterocycles. The summed E-state index contributed by atoms with van der Waals surface area (Å²) in [5.74, 6) is 2.23. The SMILES string of the molecule is CN=C(NCCNC(=O)CC1CCCCC1)N1CCC(COCc2ccccc2)C1. The summed E-state index contributed by atoms with van der Waals surface area (Å²) >= 11 is 0. The third-order valence-electron chi connectivity index (χ3n) is 6.19. The van der Waals surface area contributed by atoms with Gasteiger partial charge in [0.05, 0.1) is 13.2 Å². The van der Waals surface area contributed by atoms with Crippen molar-refractivity contribution in [2.45, 2.75) is 51.6 Å². The van der Waals surface area contributed by atoms with Crippen LogP contribution < -0.4 is 10.6 Å². The Balaban J connectivity index is 1.28. The Morgan fingerprint density at radius 3 is 2.60 bits per heavy atom. The molecule has 6 heteroatoms. The molecule has 1 aliphatic heterocycles. The number of amides is 1. The first-order chi connectivity index (χ1) is 14.7. The molecule has 1 atom stereocenters. The maximum atomic E-state index is 12.1. The zero-order valence-electron chi connectivity index (χ0n) is 18.4. The molecule has 2 aliphatic rings. The lowest BCUT2D eigenvalue weighted by Gasteiger charge is -2.22. The molecule has 1 aliphatic carbocycles. The van der Waals surface area contributed by atoms with Crippen LogP contribution in [0.25, 0.3) is 0 Å². The highest BCUT2D eigenvalue weighted by Crippen LogP contribution is 2.26. The van der Waals surface area contributed by atoms with Crippen LogP contribution in [0.5, 0.6) is 0 Å². The summed E-state index contributed by atoms with van der Waals surface area (Å²) in [5.41, 5.74) is 1.22. The van der Waals surface area contributed by atoms with Gasteiger partial charge in [-0.3, -0.25) is 9.79 Å². The summed E-state index contributed by atoms with van der Waals surface area (Å²) in [5, 5.41) is 6.45. The van der Waals surface area contributed by atoms with Gasteiger partial charge < -0.3 is 20.3 Å². The number of likely N-dealkylation sites (tertiary alicyclic amines) is 1. The predicted molar refractivity (Wildman–Crippen MR) is 121 cm³/mol. The number of rotatable bonds is 9. The molecular weight excluding hydrogens is 376 g/mol. The molecule has 1 unspecified atom stereocenters. The Morgan fingerprint density at radius 1 is 1.07 bits per heavy atom. The first-order valence-electron chi connectivity index (χ1n) is 11.6. The maximum absolute atomic E-state index is 12.1. The van der Waals surface area contributed by atoms with E-state index in [1.807, 2.05) is 25.2 Å². The molecule has 0 bridgehead atoms. The Bertz CT molecular complexity index is 658. The lowest BCUT2D eigenvalue weighted by Crippen LogP contribution is -2.43. The van der Waals surface area contributed by atoms with Crippen LogP contribution in [-0.2, 0) is 16.1 Å². The average Bonchev–Trinajstić information content (AvgIpc) is 3.24. The van der Waals surface area contributed by atoms with Crippen molar-refractivity contribution in [1.82, 2.24) is 15.5 Å². The third kappa shape index (κ3) is 7.63. The number of carbonyl (C=O) groups excluding carboxylic acids is 1. The van der Waals surface area contributed by atoms with E-state index in [-0.39, 0.29) is 5.91 Å². The molecule has 30 heavy (non-hydrogen) atoms. The second kappa shape index (κ2) is 12.6. The second-order valence-electron chi connectivity index (χ2n) is 8.63. The average molecular weight is 415 g/mol. The molecule has 3 rings (SSSR count). The van der Waals surface area contributed by atoms with Crippen LogP contribution in [0, 0.1) is 11.8 Å². The van der Waals surface area contributed by atoms with Crippen molar-refractivity contribution in [3.63, 3.8) is 0 Å². The van der Waals surface area contributed by atoms with E-state index in [9.17, 15) is 4.79 Å². The molecule has 1 amide bonds. The number of guanidine groups is 1. The number of hydrogen-bond donors (Lipinski definition) is 2. The largest absolute Gasteiger partial charge is 0.376 e. The van der Waals surface area contributed by atoms with Crippen molar-refractivity contribution >= 4 is 11.9 Å². The van der Waals surface area contributed by atoms with Gasteiger partial charge in [0, 0.05) is 45.6 Å². The lowest BCUT2D eigenvalue weighted by atomic mass is 9.87. The summed E-state index contributed by atoms with van der Waals surface area (Å²) in [6.45, 7) is 4.75. The molecular formula is C24H38N4O2. The molecule has 2 fully saturated rings. The maximum Gasteiger partial charge on any atom is 0.220 e. The van der Waals surface area contributed by atoms with E-state index in [0.717, 1.165) is 32.1 Å². The molecule has 0 spiro atoms. The number of carbonyl (C=O) groups is 1. The molecule has 6 nitrogen and oxygen atoms in total. The van der Waals surface area contributed by atoms with Gasteiger partial charge in [-0.15, -0.1) is 0 Å². The zero-order valence-corrected chi connectivity index (χ0v) is 18.4. The summed E-state index contributed by atoms with van der Waals surface area (Å²) < 4.78 is 5.92. The van der Waals surface area contributed by atoms with Gasteiger partial charge in [-0.25, -0.2) is 0 Å². The van der Waals surface area contributed by atoms with Gasteiger partial charge in [0.15, 0.2) is 5.96 Å². The van der Waals surface area contributed by atoms with Crippen LogP contribution in [0.2, 0.25) is 0 Å². The van der Waals surface area contributed by atoms with Gasteiger partial charge in [0.2, 0.25) is 5.91 Å². The van der Waals surface area contributed by atoms with Crippen molar-refractivity contribution < 1.29 is 9.53 Å². The van der Waals surface area contributed by atoms with Crippen molar-refractivity contribution in [2.75, 3.05) is 39.8 Å². The van der Waals surface area contributed by atoms with E-state index < -0.39 is 0 Å². The quantitative estimate of drug-likeness (QED) is 0.370. The highest BCUT2D eigenvalue weighted by molar-refractivity contribution is 5.80. The molecule has 1 aromatic carbocycles. The fraction of sp³-hybridized carbons (Fsp3) is 0.667. The van der Waals surface area contributed by atoms with Crippen molar-refractivity contribution in [1.29, 1.82) is 0 Å². The van der Waals surface area contributed by atoms with E-state index >= 15 is 0 Å². The van der Waals surface area contributed by atoms with Gasteiger partial charge in [-0.2, -0.15) is 0 Å². The number of hydrogen-bond acceptors (Lipinski definition) is 3. The van der Waals surface area contributed by atoms with Gasteiger partial charge in [-0.05, 0) is 30.7 Å². The van der Waals surface area contributed by atoms with Crippen LogP contribution in [0.4, 0.5) is 0 Å². The number of nitrogens with one attached hydrogen (secondary N) is 2. The lowest BCUT2D eigenvalue weighted by molar-refractivity contribution is -0.122. The normalized spacial score (nSPS) is 20.4. The van der Waals surface area contributed by atoms with Crippen molar-refractivity contribution in [3.05, 3.63) is 35.9 Å². The molecule has 1 heterocycles. The number of nitrogens with zero attached hydrogens (tertiary/aromatic N) is 2. The molecule has 2 N–H and O–H groups in total. The van der Waals surface area contributed by atoms with Crippen LogP contribution in [0.1, 0.15) is 50.5 Å². The van der Waals surface area contributed by atoms with Crippen molar-refractivity contribution in [2.24, 2.45) is 16.8 Å². The summed E-state index contributed by atoms with van der Waals surface area (Å²) in [7, 11) is 1.82. The molecule has 166 valence electrons.